The third-order valence-corrected chi connectivity index (χ3v) is 4.02. The quantitative estimate of drug-likeness (QED) is 0.770. The molecule has 0 spiro atoms. The predicted octanol–water partition coefficient (Wildman–Crippen LogP) is 3.80. The number of carbonyl (C=O) groups is 2. The van der Waals surface area contributed by atoms with E-state index in [0.717, 1.165) is 5.56 Å². The van der Waals surface area contributed by atoms with Crippen molar-refractivity contribution >= 4 is 17.6 Å². The van der Waals surface area contributed by atoms with E-state index in [-0.39, 0.29) is 12.0 Å². The minimum Gasteiger partial charge on any atom is -0.482 e. The number of nitrogens with one attached hydrogen (secondary N) is 1. The van der Waals surface area contributed by atoms with Crippen molar-refractivity contribution in [3.05, 3.63) is 59.7 Å². The van der Waals surface area contributed by atoms with Gasteiger partial charge in [0, 0.05) is 0 Å². The molecular formula is C22H24N2O4. The Balaban J connectivity index is 1.93. The zero-order chi connectivity index (χ0) is 20.7. The maximum absolute atomic E-state index is 12.2. The zero-order valence-electron chi connectivity index (χ0n) is 16.5. The molecule has 0 aromatic heterocycles. The molecule has 28 heavy (non-hydrogen) atoms. The van der Waals surface area contributed by atoms with Crippen molar-refractivity contribution < 1.29 is 19.1 Å². The van der Waals surface area contributed by atoms with Gasteiger partial charge in [-0.2, -0.15) is 5.26 Å². The van der Waals surface area contributed by atoms with Crippen LogP contribution in [-0.4, -0.2) is 24.6 Å². The number of carbonyl (C=O) groups excluding carboxylic acids is 2. The fourth-order valence-corrected chi connectivity index (χ4v) is 2.56. The summed E-state index contributed by atoms with van der Waals surface area (Å²) in [5.41, 5.74) is 1.54. The average molecular weight is 380 g/mol. The first-order valence-electron chi connectivity index (χ1n) is 8.94. The van der Waals surface area contributed by atoms with E-state index in [0.29, 0.717) is 17.0 Å². The molecule has 0 unspecified atom stereocenters. The molecule has 0 saturated carbocycles. The van der Waals surface area contributed by atoms with Crippen LogP contribution in [0.2, 0.25) is 0 Å². The molecule has 0 aliphatic heterocycles. The summed E-state index contributed by atoms with van der Waals surface area (Å²) < 4.78 is 10.8. The van der Waals surface area contributed by atoms with Crippen molar-refractivity contribution in [2.75, 3.05) is 11.9 Å². The second kappa shape index (κ2) is 9.05. The maximum Gasteiger partial charge on any atom is 0.344 e. The fraction of sp³-hybridized carbons (Fsp3) is 0.318. The van der Waals surface area contributed by atoms with Crippen LogP contribution in [0.5, 0.6) is 5.75 Å². The Kier molecular flexibility index (Phi) is 6.78. The van der Waals surface area contributed by atoms with E-state index >= 15 is 0 Å². The molecule has 1 N–H and O–H groups in total. The van der Waals surface area contributed by atoms with Crippen LogP contribution >= 0.6 is 0 Å². The van der Waals surface area contributed by atoms with Gasteiger partial charge in [0.05, 0.1) is 11.3 Å². The van der Waals surface area contributed by atoms with E-state index in [2.05, 4.69) is 26.1 Å². The molecule has 0 aliphatic carbocycles. The van der Waals surface area contributed by atoms with E-state index in [1.54, 1.807) is 30.3 Å². The highest BCUT2D eigenvalue weighted by Crippen LogP contribution is 2.30. The van der Waals surface area contributed by atoms with Crippen LogP contribution in [0.25, 0.3) is 0 Å². The van der Waals surface area contributed by atoms with Crippen LogP contribution in [0.3, 0.4) is 0 Å². The van der Waals surface area contributed by atoms with Gasteiger partial charge in [0.1, 0.15) is 11.8 Å². The first kappa shape index (κ1) is 21.0. The van der Waals surface area contributed by atoms with Crippen LogP contribution in [-0.2, 0) is 19.7 Å². The summed E-state index contributed by atoms with van der Waals surface area (Å²) in [7, 11) is 0. The Bertz CT molecular complexity index is 894. The lowest BCUT2D eigenvalue weighted by atomic mass is 9.86. The minimum absolute atomic E-state index is 0.137. The molecule has 2 rings (SSSR count). The monoisotopic (exact) mass is 380 g/mol. The van der Waals surface area contributed by atoms with Gasteiger partial charge in [-0.1, -0.05) is 51.1 Å². The molecule has 0 heterocycles. The Hall–Kier alpha value is -3.33. The van der Waals surface area contributed by atoms with Gasteiger partial charge in [-0.05, 0) is 36.1 Å². The summed E-state index contributed by atoms with van der Waals surface area (Å²) in [6.45, 7) is 7.32. The molecule has 0 aliphatic rings. The number of benzene rings is 2. The summed E-state index contributed by atoms with van der Waals surface area (Å²) in [4.78, 5) is 24.3. The summed E-state index contributed by atoms with van der Waals surface area (Å²) in [6, 6.07) is 16.1. The number of rotatable bonds is 6. The van der Waals surface area contributed by atoms with Crippen molar-refractivity contribution in [3.63, 3.8) is 0 Å². The summed E-state index contributed by atoms with van der Waals surface area (Å²) in [5.74, 6) is -0.571. The van der Waals surface area contributed by atoms with Gasteiger partial charge >= 0.3 is 5.97 Å². The summed E-state index contributed by atoms with van der Waals surface area (Å²) >= 11 is 0. The van der Waals surface area contributed by atoms with Gasteiger partial charge in [0.25, 0.3) is 5.91 Å². The van der Waals surface area contributed by atoms with Crippen LogP contribution in [0.4, 0.5) is 5.69 Å². The number of nitrogens with zero attached hydrogens (tertiary/aromatic N) is 1. The normalized spacial score (nSPS) is 11.8. The SMILES string of the molecule is C[C@H](OC(=O)COc1ccccc1C(C)(C)C)C(=O)Nc1ccccc1C#N. The largest absolute Gasteiger partial charge is 0.482 e. The van der Waals surface area contributed by atoms with Crippen molar-refractivity contribution in [1.82, 2.24) is 0 Å². The minimum atomic E-state index is -1.03. The molecule has 0 fully saturated rings. The van der Waals surface area contributed by atoms with E-state index in [1.807, 2.05) is 24.3 Å². The fourth-order valence-electron chi connectivity index (χ4n) is 2.56. The van der Waals surface area contributed by atoms with Crippen LogP contribution in [0.1, 0.15) is 38.8 Å². The lowest BCUT2D eigenvalue weighted by Crippen LogP contribution is -2.32. The molecular weight excluding hydrogens is 356 g/mol. The van der Waals surface area contributed by atoms with Gasteiger partial charge in [-0.15, -0.1) is 0 Å². The van der Waals surface area contributed by atoms with Crippen molar-refractivity contribution in [2.45, 2.75) is 39.2 Å². The molecule has 6 heteroatoms. The number of para-hydroxylation sites is 2. The highest BCUT2D eigenvalue weighted by Gasteiger charge is 2.21. The van der Waals surface area contributed by atoms with E-state index < -0.39 is 18.0 Å². The summed E-state index contributed by atoms with van der Waals surface area (Å²) in [5, 5.41) is 11.7. The third-order valence-electron chi connectivity index (χ3n) is 4.02. The van der Waals surface area contributed by atoms with Crippen molar-refractivity contribution in [1.29, 1.82) is 5.26 Å². The van der Waals surface area contributed by atoms with Crippen molar-refractivity contribution in [3.8, 4) is 11.8 Å². The third kappa shape index (κ3) is 5.58. The Morgan fingerprint density at radius 1 is 1.11 bits per heavy atom. The first-order chi connectivity index (χ1) is 13.2. The van der Waals surface area contributed by atoms with E-state index in [9.17, 15) is 9.59 Å². The molecule has 1 amide bonds. The highest BCUT2D eigenvalue weighted by atomic mass is 16.6. The van der Waals surface area contributed by atoms with Crippen molar-refractivity contribution in [2.24, 2.45) is 0 Å². The zero-order valence-corrected chi connectivity index (χ0v) is 16.5. The number of hydrogen-bond acceptors (Lipinski definition) is 5. The Morgan fingerprint density at radius 2 is 1.75 bits per heavy atom. The lowest BCUT2D eigenvalue weighted by molar-refractivity contribution is -0.155. The van der Waals surface area contributed by atoms with E-state index in [4.69, 9.17) is 14.7 Å². The average Bonchev–Trinajstić information content (AvgIpc) is 2.66. The molecule has 6 nitrogen and oxygen atoms in total. The number of amides is 1. The Labute approximate surface area is 165 Å². The number of hydrogen-bond donors (Lipinski definition) is 1. The summed E-state index contributed by atoms with van der Waals surface area (Å²) in [6.07, 6.45) is -1.03. The first-order valence-corrected chi connectivity index (χ1v) is 8.94. The van der Waals surface area contributed by atoms with Crippen LogP contribution < -0.4 is 10.1 Å². The van der Waals surface area contributed by atoms with Gasteiger partial charge in [0.15, 0.2) is 12.7 Å². The standard InChI is InChI=1S/C22H24N2O4/c1-15(21(26)24-18-11-7-5-9-16(18)13-23)28-20(25)14-27-19-12-8-6-10-17(19)22(2,3)4/h5-12,15H,14H2,1-4H3,(H,24,26)/t15-/m0/s1. The molecule has 0 bridgehead atoms. The van der Waals surface area contributed by atoms with Gasteiger partial charge < -0.3 is 14.8 Å². The lowest BCUT2D eigenvalue weighted by Gasteiger charge is -2.22. The highest BCUT2D eigenvalue weighted by molar-refractivity contribution is 5.96. The van der Waals surface area contributed by atoms with Gasteiger partial charge in [-0.3, -0.25) is 4.79 Å². The van der Waals surface area contributed by atoms with Gasteiger partial charge in [0.2, 0.25) is 0 Å². The molecule has 0 saturated heterocycles. The number of nitriles is 1. The molecule has 2 aromatic rings. The molecule has 146 valence electrons. The second-order valence-corrected chi connectivity index (χ2v) is 7.31. The van der Waals surface area contributed by atoms with Gasteiger partial charge in [-0.25, -0.2) is 4.79 Å². The van der Waals surface area contributed by atoms with E-state index in [1.165, 1.54) is 6.92 Å². The number of anilines is 1. The van der Waals surface area contributed by atoms with Crippen LogP contribution in [0.15, 0.2) is 48.5 Å². The Morgan fingerprint density at radius 3 is 2.43 bits per heavy atom. The topological polar surface area (TPSA) is 88.4 Å². The molecule has 2 aromatic carbocycles. The smallest absolute Gasteiger partial charge is 0.344 e. The number of ether oxygens (including phenoxy) is 2. The van der Waals surface area contributed by atoms with Crippen LogP contribution in [0, 0.1) is 11.3 Å². The number of esters is 1. The maximum atomic E-state index is 12.2. The molecule has 0 radical (unpaired) electrons. The predicted molar refractivity (Wildman–Crippen MR) is 106 cm³/mol. The second-order valence-electron chi connectivity index (χ2n) is 7.31. The molecule has 1 atom stereocenters.